The van der Waals surface area contributed by atoms with Crippen LogP contribution in [0.4, 0.5) is 5.69 Å². The molecule has 18 heavy (non-hydrogen) atoms. The summed E-state index contributed by atoms with van der Waals surface area (Å²) in [5.41, 5.74) is 1.78. The van der Waals surface area contributed by atoms with Gasteiger partial charge in [-0.05, 0) is 24.7 Å². The van der Waals surface area contributed by atoms with E-state index in [1.54, 1.807) is 25.2 Å². The highest BCUT2D eigenvalue weighted by atomic mass is 16.4. The van der Waals surface area contributed by atoms with Gasteiger partial charge in [-0.2, -0.15) is 0 Å². The van der Waals surface area contributed by atoms with Crippen LogP contribution in [0.2, 0.25) is 0 Å². The maximum atomic E-state index is 11.8. The molecule has 6 heteroatoms. The number of H-pyrrole nitrogens is 1. The number of likely N-dealkylation sites (N-methyl/N-ethyl adjacent to an activating group) is 2. The van der Waals surface area contributed by atoms with Crippen LogP contribution in [0.5, 0.6) is 0 Å². The molecule has 96 valence electrons. The molecule has 0 unspecified atom stereocenters. The zero-order valence-electron chi connectivity index (χ0n) is 10.3. The fourth-order valence-corrected chi connectivity index (χ4v) is 1.64. The maximum Gasteiger partial charge on any atom is 0.417 e. The molecule has 6 nitrogen and oxygen atoms in total. The van der Waals surface area contributed by atoms with E-state index in [2.05, 4.69) is 10.3 Å². The van der Waals surface area contributed by atoms with Crippen molar-refractivity contribution >= 4 is 22.7 Å². The molecule has 1 heterocycles. The molecule has 0 atom stereocenters. The van der Waals surface area contributed by atoms with E-state index < -0.39 is 5.76 Å². The van der Waals surface area contributed by atoms with Gasteiger partial charge in [-0.15, -0.1) is 0 Å². The van der Waals surface area contributed by atoms with E-state index in [4.69, 9.17) is 4.42 Å². The molecule has 0 fully saturated rings. The van der Waals surface area contributed by atoms with E-state index in [-0.39, 0.29) is 12.5 Å². The van der Waals surface area contributed by atoms with E-state index in [1.165, 1.54) is 4.90 Å². The highest BCUT2D eigenvalue weighted by Crippen LogP contribution is 2.19. The van der Waals surface area contributed by atoms with Gasteiger partial charge in [0.1, 0.15) is 0 Å². The fraction of sp³-hybridized carbons (Fsp3) is 0.333. The van der Waals surface area contributed by atoms with Gasteiger partial charge in [-0.25, -0.2) is 4.79 Å². The Labute approximate surface area is 104 Å². The summed E-state index contributed by atoms with van der Waals surface area (Å²) in [6, 6.07) is 5.12. The Balaban J connectivity index is 2.24. The molecule has 2 rings (SSSR count). The normalized spacial score (nSPS) is 10.8. The Morgan fingerprint density at radius 1 is 1.50 bits per heavy atom. The number of oxazole rings is 1. The first-order valence-corrected chi connectivity index (χ1v) is 5.72. The Hall–Kier alpha value is -2.08. The number of aromatic amines is 1. The topological polar surface area (TPSA) is 78.3 Å². The summed E-state index contributed by atoms with van der Waals surface area (Å²) in [5.74, 6) is -0.536. The number of hydrogen-bond donors (Lipinski definition) is 2. The molecule has 0 radical (unpaired) electrons. The largest absolute Gasteiger partial charge is 0.417 e. The van der Waals surface area contributed by atoms with Crippen molar-refractivity contribution in [3.8, 4) is 0 Å². The molecule has 0 aliphatic heterocycles. The molecule has 2 N–H and O–H groups in total. The van der Waals surface area contributed by atoms with Gasteiger partial charge >= 0.3 is 5.76 Å². The van der Waals surface area contributed by atoms with Crippen LogP contribution >= 0.6 is 0 Å². The molecule has 0 aliphatic carbocycles. The van der Waals surface area contributed by atoms with Crippen LogP contribution < -0.4 is 16.0 Å². The first-order valence-electron chi connectivity index (χ1n) is 5.72. The monoisotopic (exact) mass is 249 g/mol. The lowest BCUT2D eigenvalue weighted by molar-refractivity contribution is -0.117. The summed E-state index contributed by atoms with van der Waals surface area (Å²) < 4.78 is 4.90. The number of carbonyl (C=O) groups excluding carboxylic acids is 1. The number of amides is 1. The van der Waals surface area contributed by atoms with Crippen molar-refractivity contribution in [2.75, 3.05) is 25.0 Å². The van der Waals surface area contributed by atoms with Crippen molar-refractivity contribution in [3.63, 3.8) is 0 Å². The Bertz CT molecular complexity index is 614. The van der Waals surface area contributed by atoms with Crippen LogP contribution in [0.1, 0.15) is 6.92 Å². The minimum Gasteiger partial charge on any atom is -0.408 e. The molecule has 2 aromatic rings. The molecule has 1 aromatic heterocycles. The molecule has 1 amide bonds. The van der Waals surface area contributed by atoms with E-state index in [1.807, 2.05) is 6.92 Å². The zero-order chi connectivity index (χ0) is 13.1. The first-order chi connectivity index (χ1) is 8.61. The van der Waals surface area contributed by atoms with Gasteiger partial charge in [0.15, 0.2) is 5.58 Å². The Kier molecular flexibility index (Phi) is 3.47. The van der Waals surface area contributed by atoms with Gasteiger partial charge in [-0.3, -0.25) is 9.78 Å². The minimum absolute atomic E-state index is 0.0398. The van der Waals surface area contributed by atoms with Crippen molar-refractivity contribution in [2.24, 2.45) is 0 Å². The average Bonchev–Trinajstić information content (AvgIpc) is 2.73. The lowest BCUT2D eigenvalue weighted by atomic mass is 10.2. The number of rotatable bonds is 4. The zero-order valence-corrected chi connectivity index (χ0v) is 10.3. The summed E-state index contributed by atoms with van der Waals surface area (Å²) in [6.07, 6.45) is 0. The van der Waals surface area contributed by atoms with Crippen LogP contribution in [-0.4, -0.2) is 31.0 Å². The number of anilines is 1. The summed E-state index contributed by atoms with van der Waals surface area (Å²) in [7, 11) is 1.69. The quantitative estimate of drug-likeness (QED) is 0.835. The van der Waals surface area contributed by atoms with Crippen LogP contribution in [0.25, 0.3) is 11.1 Å². The number of hydrogen-bond acceptors (Lipinski definition) is 4. The van der Waals surface area contributed by atoms with Crippen LogP contribution in [0.3, 0.4) is 0 Å². The standard InChI is InChI=1S/C12H15N3O3/c1-3-13-7-11(16)15(2)8-4-5-10-9(6-8)14-12(17)18-10/h4-6,13H,3,7H2,1-2H3,(H,14,17). The van der Waals surface area contributed by atoms with Crippen molar-refractivity contribution in [1.82, 2.24) is 10.3 Å². The summed E-state index contributed by atoms with van der Waals surface area (Å²) in [4.78, 5) is 26.9. The SMILES string of the molecule is CCNCC(=O)N(C)c1ccc2oc(=O)[nH]c2c1. The first kappa shape index (κ1) is 12.4. The third-order valence-corrected chi connectivity index (χ3v) is 2.69. The Morgan fingerprint density at radius 2 is 2.28 bits per heavy atom. The highest BCUT2D eigenvalue weighted by molar-refractivity contribution is 5.95. The molecular formula is C12H15N3O3. The predicted octanol–water partition coefficient (Wildman–Crippen LogP) is 0.693. The second-order valence-electron chi connectivity index (χ2n) is 3.93. The summed E-state index contributed by atoms with van der Waals surface area (Å²) >= 11 is 0. The van der Waals surface area contributed by atoms with E-state index in [0.717, 1.165) is 6.54 Å². The van der Waals surface area contributed by atoms with Crippen molar-refractivity contribution in [2.45, 2.75) is 6.92 Å². The Morgan fingerprint density at radius 3 is 3.00 bits per heavy atom. The lowest BCUT2D eigenvalue weighted by Crippen LogP contribution is -2.35. The second kappa shape index (κ2) is 5.05. The average molecular weight is 249 g/mol. The van der Waals surface area contributed by atoms with Gasteiger partial charge < -0.3 is 14.6 Å². The molecule has 0 aliphatic rings. The van der Waals surface area contributed by atoms with E-state index in [9.17, 15) is 9.59 Å². The van der Waals surface area contributed by atoms with Gasteiger partial charge in [0, 0.05) is 12.7 Å². The second-order valence-corrected chi connectivity index (χ2v) is 3.93. The van der Waals surface area contributed by atoms with Gasteiger partial charge in [0.25, 0.3) is 0 Å². The number of benzene rings is 1. The number of nitrogens with one attached hydrogen (secondary N) is 2. The van der Waals surface area contributed by atoms with Crippen molar-refractivity contribution in [3.05, 3.63) is 28.7 Å². The van der Waals surface area contributed by atoms with E-state index in [0.29, 0.717) is 16.8 Å². The van der Waals surface area contributed by atoms with Crippen LogP contribution in [0, 0.1) is 0 Å². The predicted molar refractivity (Wildman–Crippen MR) is 68.8 cm³/mol. The van der Waals surface area contributed by atoms with Gasteiger partial charge in [0.05, 0.1) is 12.1 Å². The third kappa shape index (κ3) is 2.43. The van der Waals surface area contributed by atoms with Crippen molar-refractivity contribution < 1.29 is 9.21 Å². The number of aromatic nitrogens is 1. The molecule has 0 spiro atoms. The number of nitrogens with zero attached hydrogens (tertiary/aromatic N) is 1. The highest BCUT2D eigenvalue weighted by Gasteiger charge is 2.11. The molecule has 0 saturated heterocycles. The van der Waals surface area contributed by atoms with Crippen molar-refractivity contribution in [1.29, 1.82) is 0 Å². The molecule has 1 aromatic carbocycles. The maximum absolute atomic E-state index is 11.8. The summed E-state index contributed by atoms with van der Waals surface area (Å²) in [5, 5.41) is 2.97. The van der Waals surface area contributed by atoms with Crippen LogP contribution in [-0.2, 0) is 4.79 Å². The third-order valence-electron chi connectivity index (χ3n) is 2.69. The van der Waals surface area contributed by atoms with E-state index >= 15 is 0 Å². The molecule has 0 bridgehead atoms. The molecular weight excluding hydrogens is 234 g/mol. The summed E-state index contributed by atoms with van der Waals surface area (Å²) in [6.45, 7) is 2.97. The molecule has 0 saturated carbocycles. The van der Waals surface area contributed by atoms with Gasteiger partial charge in [-0.1, -0.05) is 6.92 Å². The van der Waals surface area contributed by atoms with Crippen LogP contribution in [0.15, 0.2) is 27.4 Å². The number of fused-ring (bicyclic) bond motifs is 1. The number of carbonyl (C=O) groups is 1. The van der Waals surface area contributed by atoms with Gasteiger partial charge in [0.2, 0.25) is 5.91 Å². The lowest BCUT2D eigenvalue weighted by Gasteiger charge is -2.17. The minimum atomic E-state index is -0.497. The fourth-order valence-electron chi connectivity index (χ4n) is 1.64. The smallest absolute Gasteiger partial charge is 0.408 e.